The van der Waals surface area contributed by atoms with Gasteiger partial charge in [-0.2, -0.15) is 0 Å². The highest BCUT2D eigenvalue weighted by Crippen LogP contribution is 2.52. The quantitative estimate of drug-likeness (QED) is 0.802. The van der Waals surface area contributed by atoms with Gasteiger partial charge in [-0.1, -0.05) is 13.8 Å². The van der Waals surface area contributed by atoms with E-state index in [1.54, 1.807) is 18.4 Å². The molecule has 0 aliphatic heterocycles. The summed E-state index contributed by atoms with van der Waals surface area (Å²) >= 11 is 1.76. The third-order valence-electron chi connectivity index (χ3n) is 3.83. The van der Waals surface area contributed by atoms with E-state index in [0.29, 0.717) is 19.7 Å². The maximum atomic E-state index is 12.5. The molecule has 1 aromatic rings. The van der Waals surface area contributed by atoms with Gasteiger partial charge in [-0.3, -0.25) is 4.79 Å². The number of amides is 1. The van der Waals surface area contributed by atoms with Gasteiger partial charge in [-0.15, -0.1) is 11.3 Å². The average Bonchev–Trinajstić information content (AvgIpc) is 2.78. The van der Waals surface area contributed by atoms with Crippen LogP contribution < -0.4 is 0 Å². The van der Waals surface area contributed by atoms with Gasteiger partial charge in [0.1, 0.15) is 0 Å². The predicted molar refractivity (Wildman–Crippen MR) is 78.2 cm³/mol. The van der Waals surface area contributed by atoms with Gasteiger partial charge in [0.05, 0.1) is 13.2 Å². The molecule has 0 N–H and O–H groups in total. The maximum absolute atomic E-state index is 12.5. The number of rotatable bonds is 6. The third-order valence-corrected chi connectivity index (χ3v) is 4.82. The molecule has 1 aliphatic carbocycles. The van der Waals surface area contributed by atoms with Gasteiger partial charge in [0.2, 0.25) is 5.91 Å². The molecule has 1 saturated carbocycles. The molecule has 1 amide bonds. The van der Waals surface area contributed by atoms with Crippen molar-refractivity contribution in [3.05, 3.63) is 21.9 Å². The zero-order valence-electron chi connectivity index (χ0n) is 12.2. The average molecular weight is 281 g/mol. The molecule has 0 bridgehead atoms. The van der Waals surface area contributed by atoms with Crippen LogP contribution >= 0.6 is 11.3 Å². The topological polar surface area (TPSA) is 29.5 Å². The van der Waals surface area contributed by atoms with Gasteiger partial charge in [0.25, 0.3) is 0 Å². The van der Waals surface area contributed by atoms with Crippen molar-refractivity contribution in [2.75, 3.05) is 20.3 Å². The Labute approximate surface area is 119 Å². The number of ether oxygens (including phenoxy) is 1. The molecule has 1 unspecified atom stereocenters. The highest BCUT2D eigenvalue weighted by molar-refractivity contribution is 7.11. The van der Waals surface area contributed by atoms with Gasteiger partial charge in [0.15, 0.2) is 0 Å². The summed E-state index contributed by atoms with van der Waals surface area (Å²) in [6, 6.07) is 4.23. The van der Waals surface area contributed by atoms with E-state index in [4.69, 9.17) is 4.74 Å². The maximum Gasteiger partial charge on any atom is 0.226 e. The lowest BCUT2D eigenvalue weighted by Crippen LogP contribution is -2.35. The van der Waals surface area contributed by atoms with Crippen LogP contribution in [0.4, 0.5) is 0 Å². The van der Waals surface area contributed by atoms with Gasteiger partial charge < -0.3 is 9.64 Å². The first-order valence-corrected chi connectivity index (χ1v) is 7.59. The Balaban J connectivity index is 2.01. The number of carbonyl (C=O) groups excluding carboxylic acids is 1. The van der Waals surface area contributed by atoms with Crippen LogP contribution in [0.25, 0.3) is 0 Å². The van der Waals surface area contributed by atoms with Crippen LogP contribution in [0.3, 0.4) is 0 Å². The minimum atomic E-state index is 0.188. The molecule has 0 aromatic carbocycles. The van der Waals surface area contributed by atoms with Crippen LogP contribution in [-0.2, 0) is 16.1 Å². The Bertz CT molecular complexity index is 453. The fraction of sp³-hybridized carbons (Fsp3) is 0.667. The van der Waals surface area contributed by atoms with Crippen LogP contribution in [0.1, 0.15) is 30.0 Å². The molecular formula is C15H23NO2S. The monoisotopic (exact) mass is 281 g/mol. The van der Waals surface area contributed by atoms with Crippen LogP contribution in [0.15, 0.2) is 12.1 Å². The first-order valence-electron chi connectivity index (χ1n) is 6.77. The smallest absolute Gasteiger partial charge is 0.226 e. The molecule has 4 heteroatoms. The van der Waals surface area contributed by atoms with Crippen molar-refractivity contribution in [1.82, 2.24) is 4.90 Å². The lowest BCUT2D eigenvalue weighted by atomic mass is 10.1. The molecular weight excluding hydrogens is 258 g/mol. The molecule has 106 valence electrons. The van der Waals surface area contributed by atoms with E-state index in [1.165, 1.54) is 9.75 Å². The molecule has 1 fully saturated rings. The third kappa shape index (κ3) is 3.57. The lowest BCUT2D eigenvalue weighted by molar-refractivity contribution is -0.134. The zero-order chi connectivity index (χ0) is 14.0. The summed E-state index contributed by atoms with van der Waals surface area (Å²) < 4.78 is 5.13. The van der Waals surface area contributed by atoms with Crippen molar-refractivity contribution in [3.63, 3.8) is 0 Å². The van der Waals surface area contributed by atoms with Crippen molar-refractivity contribution in [2.45, 2.75) is 33.7 Å². The molecule has 2 rings (SSSR count). The second-order valence-corrected chi connectivity index (χ2v) is 7.38. The molecule has 1 heterocycles. The molecule has 1 aliphatic rings. The number of hydrogen-bond donors (Lipinski definition) is 0. The summed E-state index contributed by atoms with van der Waals surface area (Å²) in [5.41, 5.74) is 0.188. The highest BCUT2D eigenvalue weighted by Gasteiger charge is 2.51. The summed E-state index contributed by atoms with van der Waals surface area (Å²) in [4.78, 5) is 17.0. The number of aryl methyl sites for hydroxylation is 1. The van der Waals surface area contributed by atoms with E-state index in [1.807, 2.05) is 4.90 Å². The van der Waals surface area contributed by atoms with Crippen molar-refractivity contribution in [2.24, 2.45) is 11.3 Å². The second-order valence-electron chi connectivity index (χ2n) is 6.01. The molecule has 3 nitrogen and oxygen atoms in total. The van der Waals surface area contributed by atoms with Crippen molar-refractivity contribution >= 4 is 17.2 Å². The predicted octanol–water partition coefficient (Wildman–Crippen LogP) is 3.08. The fourth-order valence-electron chi connectivity index (χ4n) is 2.34. The fourth-order valence-corrected chi connectivity index (χ4v) is 3.24. The largest absolute Gasteiger partial charge is 0.383 e. The molecule has 0 spiro atoms. The van der Waals surface area contributed by atoms with Crippen LogP contribution in [-0.4, -0.2) is 31.1 Å². The summed E-state index contributed by atoms with van der Waals surface area (Å²) in [6.45, 7) is 8.42. The zero-order valence-corrected chi connectivity index (χ0v) is 13.0. The van der Waals surface area contributed by atoms with E-state index >= 15 is 0 Å². The number of carbonyl (C=O) groups is 1. The van der Waals surface area contributed by atoms with Crippen LogP contribution in [0.5, 0.6) is 0 Å². The van der Waals surface area contributed by atoms with Crippen LogP contribution in [0, 0.1) is 18.3 Å². The van der Waals surface area contributed by atoms with Crippen molar-refractivity contribution in [3.8, 4) is 0 Å². The highest BCUT2D eigenvalue weighted by atomic mass is 32.1. The Hall–Kier alpha value is -0.870. The lowest BCUT2D eigenvalue weighted by Gasteiger charge is -2.22. The Morgan fingerprint density at radius 3 is 2.68 bits per heavy atom. The Morgan fingerprint density at radius 2 is 2.21 bits per heavy atom. The molecule has 1 aromatic heterocycles. The summed E-state index contributed by atoms with van der Waals surface area (Å²) in [7, 11) is 1.68. The van der Waals surface area contributed by atoms with Crippen LogP contribution in [0.2, 0.25) is 0 Å². The van der Waals surface area contributed by atoms with Crippen molar-refractivity contribution in [1.29, 1.82) is 0 Å². The van der Waals surface area contributed by atoms with Crippen molar-refractivity contribution < 1.29 is 9.53 Å². The van der Waals surface area contributed by atoms with Gasteiger partial charge in [-0.25, -0.2) is 0 Å². The van der Waals surface area contributed by atoms with Gasteiger partial charge >= 0.3 is 0 Å². The minimum Gasteiger partial charge on any atom is -0.383 e. The standard InChI is InChI=1S/C15H23NO2S/c1-11-5-6-12(19-11)10-16(7-8-18-4)14(17)13-9-15(13,2)3/h5-6,13H,7-10H2,1-4H3. The first kappa shape index (κ1) is 14.5. The molecule has 1 atom stereocenters. The van der Waals surface area contributed by atoms with E-state index in [2.05, 4.69) is 32.9 Å². The number of hydrogen-bond acceptors (Lipinski definition) is 3. The van der Waals surface area contributed by atoms with E-state index in [9.17, 15) is 4.79 Å². The van der Waals surface area contributed by atoms with E-state index in [0.717, 1.165) is 6.42 Å². The number of methoxy groups -OCH3 is 1. The normalized spacial score (nSPS) is 20.3. The first-order chi connectivity index (χ1) is 8.94. The minimum absolute atomic E-state index is 0.188. The van der Waals surface area contributed by atoms with Gasteiger partial charge in [-0.05, 0) is 30.9 Å². The van der Waals surface area contributed by atoms with E-state index in [-0.39, 0.29) is 17.2 Å². The SMILES string of the molecule is COCCN(Cc1ccc(C)s1)C(=O)C1CC1(C)C. The van der Waals surface area contributed by atoms with Gasteiger partial charge in [0, 0.05) is 29.3 Å². The molecule has 0 saturated heterocycles. The molecule has 19 heavy (non-hydrogen) atoms. The number of nitrogens with zero attached hydrogens (tertiary/aromatic N) is 1. The summed E-state index contributed by atoms with van der Waals surface area (Å²) in [6.07, 6.45) is 1.01. The summed E-state index contributed by atoms with van der Waals surface area (Å²) in [5, 5.41) is 0. The number of thiophene rings is 1. The summed E-state index contributed by atoms with van der Waals surface area (Å²) in [5.74, 6) is 0.485. The van der Waals surface area contributed by atoms with E-state index < -0.39 is 0 Å². The Morgan fingerprint density at radius 1 is 1.53 bits per heavy atom. The molecule has 0 radical (unpaired) electrons. The Kier molecular flexibility index (Phi) is 4.31. The second kappa shape index (κ2) is 5.63.